The van der Waals surface area contributed by atoms with Crippen LogP contribution >= 0.6 is 0 Å². The molecule has 0 atom stereocenters. The van der Waals surface area contributed by atoms with Crippen LogP contribution in [0.1, 0.15) is 17.0 Å². The van der Waals surface area contributed by atoms with Gasteiger partial charge in [-0.3, -0.25) is 0 Å². The van der Waals surface area contributed by atoms with Gasteiger partial charge in [0.05, 0.1) is 5.69 Å². The van der Waals surface area contributed by atoms with E-state index in [9.17, 15) is 4.79 Å². The third kappa shape index (κ3) is 2.42. The van der Waals surface area contributed by atoms with Crippen molar-refractivity contribution < 1.29 is 13.7 Å². The molecule has 0 radical (unpaired) electrons. The summed E-state index contributed by atoms with van der Waals surface area (Å²) in [7, 11) is 0. The fourth-order valence-electron chi connectivity index (χ4n) is 2.03. The summed E-state index contributed by atoms with van der Waals surface area (Å²) in [5.41, 5.74) is 1.84. The Labute approximate surface area is 114 Å². The van der Waals surface area contributed by atoms with E-state index < -0.39 is 0 Å². The molecule has 0 saturated heterocycles. The number of aryl methyl sites for hydroxylation is 2. The van der Waals surface area contributed by atoms with Crippen molar-refractivity contribution in [1.29, 1.82) is 0 Å². The van der Waals surface area contributed by atoms with Crippen LogP contribution in [0.5, 0.6) is 5.75 Å². The summed E-state index contributed by atoms with van der Waals surface area (Å²) < 4.78 is 15.8. The van der Waals surface area contributed by atoms with Gasteiger partial charge in [-0.25, -0.2) is 4.79 Å². The predicted molar refractivity (Wildman–Crippen MR) is 72.8 cm³/mol. The fraction of sp³-hybridized carbons (Fsp3) is 0.200. The van der Waals surface area contributed by atoms with E-state index in [1.165, 1.54) is 6.07 Å². The minimum atomic E-state index is -0.363. The highest BCUT2D eigenvalue weighted by molar-refractivity contribution is 5.81. The third-order valence-corrected chi connectivity index (χ3v) is 2.98. The summed E-state index contributed by atoms with van der Waals surface area (Å²) in [5.74, 6) is 1.26. The molecule has 0 spiro atoms. The van der Waals surface area contributed by atoms with Crippen LogP contribution in [0.2, 0.25) is 0 Å². The smallest absolute Gasteiger partial charge is 0.336 e. The molecule has 3 rings (SSSR count). The molecule has 0 fully saturated rings. The Morgan fingerprint density at radius 3 is 2.80 bits per heavy atom. The topological polar surface area (TPSA) is 65.5 Å². The average Bonchev–Trinajstić information content (AvgIpc) is 2.81. The van der Waals surface area contributed by atoms with Crippen LogP contribution in [0, 0.1) is 13.8 Å². The van der Waals surface area contributed by atoms with Crippen molar-refractivity contribution in [1.82, 2.24) is 5.16 Å². The Morgan fingerprint density at radius 2 is 2.05 bits per heavy atom. The average molecular weight is 271 g/mol. The zero-order valence-corrected chi connectivity index (χ0v) is 11.2. The maximum Gasteiger partial charge on any atom is 0.336 e. The molecule has 0 saturated carbocycles. The zero-order chi connectivity index (χ0) is 14.1. The molecule has 5 nitrogen and oxygen atoms in total. The lowest BCUT2D eigenvalue weighted by Gasteiger charge is -2.05. The van der Waals surface area contributed by atoms with Crippen molar-refractivity contribution >= 4 is 11.0 Å². The van der Waals surface area contributed by atoms with Gasteiger partial charge >= 0.3 is 5.63 Å². The minimum Gasteiger partial charge on any atom is -0.485 e. The quantitative estimate of drug-likeness (QED) is 0.685. The molecule has 0 unspecified atom stereocenters. The molecule has 3 aromatic rings. The number of aromatic nitrogens is 1. The van der Waals surface area contributed by atoms with Crippen molar-refractivity contribution in [2.24, 2.45) is 0 Å². The van der Waals surface area contributed by atoms with Crippen LogP contribution in [-0.4, -0.2) is 5.16 Å². The lowest BCUT2D eigenvalue weighted by Crippen LogP contribution is -1.98. The minimum absolute atomic E-state index is 0.280. The molecule has 0 bridgehead atoms. The van der Waals surface area contributed by atoms with Crippen LogP contribution in [-0.2, 0) is 6.61 Å². The van der Waals surface area contributed by atoms with E-state index in [-0.39, 0.29) is 12.2 Å². The second-order valence-corrected chi connectivity index (χ2v) is 4.63. The Bertz CT molecular complexity index is 816. The highest BCUT2D eigenvalue weighted by Crippen LogP contribution is 2.22. The third-order valence-electron chi connectivity index (χ3n) is 2.98. The summed E-state index contributed by atoms with van der Waals surface area (Å²) in [6.07, 6.45) is 0. The predicted octanol–water partition coefficient (Wildman–Crippen LogP) is 2.98. The Kier molecular flexibility index (Phi) is 3.02. The zero-order valence-electron chi connectivity index (χ0n) is 11.2. The number of rotatable bonds is 3. The standard InChI is InChI=1S/C15H13NO4/c1-9-5-15(17)19-14-7-11(3-4-13(9)14)18-8-12-6-10(2)16-20-12/h3-7H,8H2,1-2H3. The van der Waals surface area contributed by atoms with Gasteiger partial charge in [-0.05, 0) is 31.5 Å². The number of hydrogen-bond donors (Lipinski definition) is 0. The van der Waals surface area contributed by atoms with Gasteiger partial charge in [-0.1, -0.05) is 5.16 Å². The highest BCUT2D eigenvalue weighted by Gasteiger charge is 2.06. The molecule has 20 heavy (non-hydrogen) atoms. The van der Waals surface area contributed by atoms with Gasteiger partial charge < -0.3 is 13.7 Å². The Balaban J connectivity index is 1.87. The van der Waals surface area contributed by atoms with Crippen LogP contribution in [0.3, 0.4) is 0 Å². The van der Waals surface area contributed by atoms with E-state index in [0.29, 0.717) is 17.1 Å². The summed E-state index contributed by atoms with van der Waals surface area (Å²) in [6.45, 7) is 4.00. The van der Waals surface area contributed by atoms with E-state index in [1.54, 1.807) is 6.07 Å². The summed E-state index contributed by atoms with van der Waals surface area (Å²) in [5, 5.41) is 4.68. The van der Waals surface area contributed by atoms with Gasteiger partial charge in [0, 0.05) is 23.6 Å². The maximum atomic E-state index is 11.4. The molecule has 5 heteroatoms. The number of fused-ring (bicyclic) bond motifs is 1. The Hall–Kier alpha value is -2.56. The second kappa shape index (κ2) is 4.85. The lowest BCUT2D eigenvalue weighted by atomic mass is 10.1. The summed E-state index contributed by atoms with van der Waals surface area (Å²) in [6, 6.07) is 8.69. The van der Waals surface area contributed by atoms with Crippen LogP contribution in [0.4, 0.5) is 0 Å². The molecular formula is C15H13NO4. The first-order chi connectivity index (χ1) is 9.61. The molecule has 2 aromatic heterocycles. The van der Waals surface area contributed by atoms with Gasteiger partial charge in [0.25, 0.3) is 0 Å². The molecule has 0 aliphatic heterocycles. The molecule has 1 aromatic carbocycles. The van der Waals surface area contributed by atoms with E-state index in [1.807, 2.05) is 32.0 Å². The van der Waals surface area contributed by atoms with Crippen molar-refractivity contribution in [3.8, 4) is 5.75 Å². The van der Waals surface area contributed by atoms with E-state index in [2.05, 4.69) is 5.16 Å². The van der Waals surface area contributed by atoms with E-state index >= 15 is 0 Å². The molecule has 2 heterocycles. The first kappa shape index (κ1) is 12.5. The first-order valence-electron chi connectivity index (χ1n) is 6.21. The summed E-state index contributed by atoms with van der Waals surface area (Å²) in [4.78, 5) is 11.4. The van der Waals surface area contributed by atoms with E-state index in [0.717, 1.165) is 16.6 Å². The van der Waals surface area contributed by atoms with Crippen LogP contribution < -0.4 is 10.4 Å². The van der Waals surface area contributed by atoms with Crippen LogP contribution in [0.15, 0.2) is 44.1 Å². The second-order valence-electron chi connectivity index (χ2n) is 4.63. The first-order valence-corrected chi connectivity index (χ1v) is 6.21. The highest BCUT2D eigenvalue weighted by atomic mass is 16.5. The fourth-order valence-corrected chi connectivity index (χ4v) is 2.03. The van der Waals surface area contributed by atoms with Gasteiger partial charge in [0.2, 0.25) is 0 Å². The van der Waals surface area contributed by atoms with Gasteiger partial charge in [-0.2, -0.15) is 0 Å². The maximum absolute atomic E-state index is 11.4. The largest absolute Gasteiger partial charge is 0.485 e. The molecule has 0 aliphatic rings. The molecule has 0 amide bonds. The Morgan fingerprint density at radius 1 is 1.20 bits per heavy atom. The normalized spacial score (nSPS) is 10.9. The molecule has 0 aliphatic carbocycles. The number of ether oxygens (including phenoxy) is 1. The SMILES string of the molecule is Cc1cc(COc2ccc3c(C)cc(=O)oc3c2)on1. The van der Waals surface area contributed by atoms with Crippen molar-refractivity contribution in [3.05, 3.63) is 57.8 Å². The number of hydrogen-bond acceptors (Lipinski definition) is 5. The van der Waals surface area contributed by atoms with Crippen LogP contribution in [0.25, 0.3) is 11.0 Å². The number of nitrogens with zero attached hydrogens (tertiary/aromatic N) is 1. The summed E-state index contributed by atoms with van der Waals surface area (Å²) >= 11 is 0. The molecule has 102 valence electrons. The van der Waals surface area contributed by atoms with Crippen molar-refractivity contribution in [2.75, 3.05) is 0 Å². The lowest BCUT2D eigenvalue weighted by molar-refractivity contribution is 0.249. The van der Waals surface area contributed by atoms with Gasteiger partial charge in [0.15, 0.2) is 5.76 Å². The monoisotopic (exact) mass is 271 g/mol. The number of benzene rings is 1. The van der Waals surface area contributed by atoms with E-state index in [4.69, 9.17) is 13.7 Å². The molecular weight excluding hydrogens is 258 g/mol. The van der Waals surface area contributed by atoms with Gasteiger partial charge in [0.1, 0.15) is 17.9 Å². The van der Waals surface area contributed by atoms with Crippen molar-refractivity contribution in [2.45, 2.75) is 20.5 Å². The van der Waals surface area contributed by atoms with Gasteiger partial charge in [-0.15, -0.1) is 0 Å². The van der Waals surface area contributed by atoms with Crippen molar-refractivity contribution in [3.63, 3.8) is 0 Å². The molecule has 0 N–H and O–H groups in total.